The molecule has 1 aliphatic heterocycles. The molecule has 2 N–H and O–H groups in total. The number of benzene rings is 1. The lowest BCUT2D eigenvalue weighted by atomic mass is 10.0. The Morgan fingerprint density at radius 2 is 2.26 bits per heavy atom. The largest absolute Gasteiger partial charge is 0.360 e. The van der Waals surface area contributed by atoms with E-state index >= 15 is 0 Å². The van der Waals surface area contributed by atoms with Crippen LogP contribution in [0.2, 0.25) is 5.02 Å². The van der Waals surface area contributed by atoms with E-state index in [-0.39, 0.29) is 5.91 Å². The summed E-state index contributed by atoms with van der Waals surface area (Å²) in [7, 11) is 0. The molecular weight excluding hydrogens is 314 g/mol. The molecule has 0 aliphatic carbocycles. The van der Waals surface area contributed by atoms with Gasteiger partial charge in [0.1, 0.15) is 17.0 Å². The third-order valence-electron chi connectivity index (χ3n) is 3.85. The molecule has 0 saturated heterocycles. The van der Waals surface area contributed by atoms with Gasteiger partial charge in [-0.05, 0) is 26.0 Å². The van der Waals surface area contributed by atoms with E-state index in [4.69, 9.17) is 16.1 Å². The van der Waals surface area contributed by atoms with Gasteiger partial charge in [-0.25, -0.2) is 0 Å². The Hall–Kier alpha value is -2.11. The molecule has 0 atom stereocenters. The summed E-state index contributed by atoms with van der Waals surface area (Å²) < 4.78 is 5.22. The standard InChI is InChI=1S/C17H18ClN3O2/c1-11-15(17(22)20-10-12-6-8-19-9-7-12)16(21-23-11)13-4-2-3-5-14(13)18/h2-6,19H,7-10H2,1H3,(H,20,22). The number of nitrogens with zero attached hydrogens (tertiary/aromatic N) is 1. The van der Waals surface area contributed by atoms with Crippen LogP contribution >= 0.6 is 11.6 Å². The second-order valence-corrected chi connectivity index (χ2v) is 5.85. The van der Waals surface area contributed by atoms with E-state index in [1.807, 2.05) is 18.2 Å². The number of hydrogen-bond donors (Lipinski definition) is 2. The molecule has 2 aromatic rings. The number of rotatable bonds is 4. The van der Waals surface area contributed by atoms with Crippen molar-refractivity contribution in [1.29, 1.82) is 0 Å². The van der Waals surface area contributed by atoms with Gasteiger partial charge in [0.25, 0.3) is 5.91 Å². The molecule has 3 rings (SSSR count). The highest BCUT2D eigenvalue weighted by Crippen LogP contribution is 2.30. The van der Waals surface area contributed by atoms with E-state index in [0.717, 1.165) is 19.5 Å². The number of carbonyl (C=O) groups excluding carboxylic acids is 1. The Morgan fingerprint density at radius 3 is 3.00 bits per heavy atom. The molecule has 23 heavy (non-hydrogen) atoms. The van der Waals surface area contributed by atoms with Gasteiger partial charge in [-0.15, -0.1) is 0 Å². The monoisotopic (exact) mass is 331 g/mol. The molecule has 5 nitrogen and oxygen atoms in total. The zero-order valence-electron chi connectivity index (χ0n) is 12.9. The fraction of sp³-hybridized carbons (Fsp3) is 0.294. The Bertz CT molecular complexity index is 752. The van der Waals surface area contributed by atoms with Crippen LogP contribution in [0.5, 0.6) is 0 Å². The first-order chi connectivity index (χ1) is 11.2. The van der Waals surface area contributed by atoms with Crippen LogP contribution in [0.4, 0.5) is 0 Å². The van der Waals surface area contributed by atoms with Crippen molar-refractivity contribution in [2.75, 3.05) is 19.6 Å². The van der Waals surface area contributed by atoms with Crippen LogP contribution < -0.4 is 10.6 Å². The zero-order valence-corrected chi connectivity index (χ0v) is 13.6. The first-order valence-corrected chi connectivity index (χ1v) is 7.92. The van der Waals surface area contributed by atoms with E-state index in [0.29, 0.717) is 34.1 Å². The predicted octanol–water partition coefficient (Wildman–Crippen LogP) is 2.95. The van der Waals surface area contributed by atoms with E-state index in [2.05, 4.69) is 21.9 Å². The quantitative estimate of drug-likeness (QED) is 0.845. The average molecular weight is 332 g/mol. The van der Waals surface area contributed by atoms with Crippen molar-refractivity contribution in [3.63, 3.8) is 0 Å². The van der Waals surface area contributed by atoms with Gasteiger partial charge in [0, 0.05) is 18.7 Å². The SMILES string of the molecule is Cc1onc(-c2ccccc2Cl)c1C(=O)NCC1=CCNCC1. The maximum absolute atomic E-state index is 12.6. The fourth-order valence-corrected chi connectivity index (χ4v) is 2.81. The third-order valence-corrected chi connectivity index (χ3v) is 4.18. The Morgan fingerprint density at radius 1 is 1.43 bits per heavy atom. The maximum atomic E-state index is 12.6. The van der Waals surface area contributed by atoms with Crippen molar-refractivity contribution in [3.05, 3.63) is 52.3 Å². The molecule has 0 bridgehead atoms. The Labute approximate surface area is 139 Å². The van der Waals surface area contributed by atoms with E-state index in [1.165, 1.54) is 5.57 Å². The lowest BCUT2D eigenvalue weighted by Crippen LogP contribution is -2.30. The molecule has 0 saturated carbocycles. The predicted molar refractivity (Wildman–Crippen MR) is 89.6 cm³/mol. The molecule has 6 heteroatoms. The highest BCUT2D eigenvalue weighted by molar-refractivity contribution is 6.33. The smallest absolute Gasteiger partial charge is 0.257 e. The van der Waals surface area contributed by atoms with Gasteiger partial charge < -0.3 is 15.2 Å². The highest BCUT2D eigenvalue weighted by atomic mass is 35.5. The highest BCUT2D eigenvalue weighted by Gasteiger charge is 2.23. The van der Waals surface area contributed by atoms with E-state index in [1.54, 1.807) is 13.0 Å². The molecule has 0 fully saturated rings. The molecule has 0 unspecified atom stereocenters. The minimum atomic E-state index is -0.196. The fourth-order valence-electron chi connectivity index (χ4n) is 2.59. The Balaban J connectivity index is 1.82. The third kappa shape index (κ3) is 3.46. The molecular formula is C17H18ClN3O2. The summed E-state index contributed by atoms with van der Waals surface area (Å²) in [6, 6.07) is 7.28. The first-order valence-electron chi connectivity index (χ1n) is 7.55. The van der Waals surface area contributed by atoms with Crippen molar-refractivity contribution in [2.45, 2.75) is 13.3 Å². The topological polar surface area (TPSA) is 67.2 Å². The number of amides is 1. The lowest BCUT2D eigenvalue weighted by Gasteiger charge is -2.14. The van der Waals surface area contributed by atoms with Crippen molar-refractivity contribution in [2.24, 2.45) is 0 Å². The van der Waals surface area contributed by atoms with Gasteiger partial charge in [0.2, 0.25) is 0 Å². The van der Waals surface area contributed by atoms with Crippen molar-refractivity contribution in [3.8, 4) is 11.3 Å². The van der Waals surface area contributed by atoms with Gasteiger partial charge in [0.15, 0.2) is 0 Å². The summed E-state index contributed by atoms with van der Waals surface area (Å²) >= 11 is 6.21. The summed E-state index contributed by atoms with van der Waals surface area (Å²) in [5, 5.41) is 10.7. The second kappa shape index (κ2) is 6.98. The van der Waals surface area contributed by atoms with Crippen LogP contribution in [0.3, 0.4) is 0 Å². The maximum Gasteiger partial charge on any atom is 0.257 e. The van der Waals surface area contributed by atoms with Crippen molar-refractivity contribution < 1.29 is 9.32 Å². The molecule has 1 amide bonds. The minimum Gasteiger partial charge on any atom is -0.360 e. The summed E-state index contributed by atoms with van der Waals surface area (Å²) in [5.74, 6) is 0.287. The zero-order chi connectivity index (χ0) is 16.2. The van der Waals surface area contributed by atoms with Gasteiger partial charge in [-0.3, -0.25) is 4.79 Å². The molecule has 1 aromatic carbocycles. The number of aryl methyl sites for hydroxylation is 1. The summed E-state index contributed by atoms with van der Waals surface area (Å²) in [4.78, 5) is 12.6. The van der Waals surface area contributed by atoms with E-state index < -0.39 is 0 Å². The van der Waals surface area contributed by atoms with Gasteiger partial charge >= 0.3 is 0 Å². The average Bonchev–Trinajstić information content (AvgIpc) is 2.95. The number of nitrogens with one attached hydrogen (secondary N) is 2. The molecule has 120 valence electrons. The van der Waals surface area contributed by atoms with Crippen molar-refractivity contribution in [1.82, 2.24) is 15.8 Å². The van der Waals surface area contributed by atoms with Crippen molar-refractivity contribution >= 4 is 17.5 Å². The minimum absolute atomic E-state index is 0.196. The van der Waals surface area contributed by atoms with Crippen LogP contribution in [0.25, 0.3) is 11.3 Å². The van der Waals surface area contributed by atoms with Crippen LogP contribution in [0, 0.1) is 6.92 Å². The second-order valence-electron chi connectivity index (χ2n) is 5.44. The Kier molecular flexibility index (Phi) is 4.79. The number of halogens is 1. The molecule has 0 spiro atoms. The van der Waals surface area contributed by atoms with Gasteiger partial charge in [-0.1, -0.05) is 46.6 Å². The molecule has 1 aromatic heterocycles. The summed E-state index contributed by atoms with van der Waals surface area (Å²) in [6.45, 7) is 4.06. The first kappa shape index (κ1) is 15.8. The summed E-state index contributed by atoms with van der Waals surface area (Å²) in [6.07, 6.45) is 3.06. The number of carbonyl (C=O) groups is 1. The van der Waals surface area contributed by atoms with Gasteiger partial charge in [0.05, 0.1) is 5.02 Å². The number of aromatic nitrogens is 1. The van der Waals surface area contributed by atoms with Crippen LogP contribution in [0.1, 0.15) is 22.5 Å². The van der Waals surface area contributed by atoms with Crippen LogP contribution in [0.15, 0.2) is 40.4 Å². The molecule has 2 heterocycles. The lowest BCUT2D eigenvalue weighted by molar-refractivity contribution is 0.0955. The number of hydrogen-bond acceptors (Lipinski definition) is 4. The van der Waals surface area contributed by atoms with Crippen LogP contribution in [-0.4, -0.2) is 30.7 Å². The summed E-state index contributed by atoms with van der Waals surface area (Å²) in [5.41, 5.74) is 2.83. The molecule has 1 aliphatic rings. The van der Waals surface area contributed by atoms with E-state index in [9.17, 15) is 4.79 Å². The van der Waals surface area contributed by atoms with Gasteiger partial charge in [-0.2, -0.15) is 0 Å². The normalized spacial score (nSPS) is 14.4. The molecule has 0 radical (unpaired) electrons. The van der Waals surface area contributed by atoms with Crippen LogP contribution in [-0.2, 0) is 0 Å².